The zero-order valence-electron chi connectivity index (χ0n) is 16.9. The van der Waals surface area contributed by atoms with E-state index in [0.717, 1.165) is 6.08 Å². The fourth-order valence-electron chi connectivity index (χ4n) is 7.25. The molecule has 4 aliphatic carbocycles. The van der Waals surface area contributed by atoms with E-state index in [2.05, 4.69) is 0 Å². The van der Waals surface area contributed by atoms with Gasteiger partial charge in [-0.2, -0.15) is 0 Å². The average Bonchev–Trinajstić information content (AvgIpc) is 2.86. The Labute approximate surface area is 168 Å². The number of fused-ring (bicyclic) bond motifs is 5. The SMILES string of the molecule is C[C@@H]1C[C@H]2[C@@H]3C[C@@H](F)C4=CC(=O)C=C[C@@]4(C)[C@@]3(F)[C@@H](O)C[C@]2(C)[C@@]1(O)C(=O)CO. The Morgan fingerprint density at radius 3 is 2.55 bits per heavy atom. The zero-order chi connectivity index (χ0) is 21.6. The molecular formula is C22H28F2O5. The van der Waals surface area contributed by atoms with Gasteiger partial charge in [0.1, 0.15) is 18.4 Å². The summed E-state index contributed by atoms with van der Waals surface area (Å²) < 4.78 is 32.1. The van der Waals surface area contributed by atoms with Crippen LogP contribution in [-0.2, 0) is 9.59 Å². The molecule has 9 atom stereocenters. The molecule has 160 valence electrons. The molecule has 0 saturated heterocycles. The number of allylic oxidation sites excluding steroid dienone is 4. The molecule has 0 aromatic carbocycles. The highest BCUT2D eigenvalue weighted by Gasteiger charge is 2.76. The third-order valence-electron chi connectivity index (χ3n) is 8.78. The van der Waals surface area contributed by atoms with Gasteiger partial charge >= 0.3 is 0 Å². The third kappa shape index (κ3) is 2.19. The lowest BCUT2D eigenvalue weighted by molar-refractivity contribution is -0.223. The first-order valence-corrected chi connectivity index (χ1v) is 10.2. The number of aliphatic hydroxyl groups is 3. The van der Waals surface area contributed by atoms with Crippen molar-refractivity contribution in [2.45, 2.75) is 63.6 Å². The first-order valence-electron chi connectivity index (χ1n) is 10.2. The predicted octanol–water partition coefficient (Wildman–Crippen LogP) is 1.84. The Morgan fingerprint density at radius 1 is 1.28 bits per heavy atom. The van der Waals surface area contributed by atoms with Crippen LogP contribution in [0.1, 0.15) is 40.0 Å². The summed E-state index contributed by atoms with van der Waals surface area (Å²) in [4.78, 5) is 24.3. The van der Waals surface area contributed by atoms with E-state index in [1.165, 1.54) is 19.1 Å². The lowest BCUT2D eigenvalue weighted by Gasteiger charge is -2.63. The van der Waals surface area contributed by atoms with Crippen molar-refractivity contribution in [2.75, 3.05) is 6.61 Å². The second kappa shape index (κ2) is 6.05. The fourth-order valence-corrected chi connectivity index (χ4v) is 7.25. The molecule has 3 saturated carbocycles. The number of carbonyl (C=O) groups excluding carboxylic acids is 2. The molecule has 0 amide bonds. The van der Waals surface area contributed by atoms with Crippen LogP contribution in [0.15, 0.2) is 23.8 Å². The number of alkyl halides is 2. The molecule has 5 nitrogen and oxygen atoms in total. The van der Waals surface area contributed by atoms with Crippen LogP contribution in [-0.4, -0.2) is 57.0 Å². The van der Waals surface area contributed by atoms with Crippen LogP contribution in [0.5, 0.6) is 0 Å². The molecule has 4 aliphatic rings. The molecular weight excluding hydrogens is 382 g/mol. The Balaban J connectivity index is 1.87. The predicted molar refractivity (Wildman–Crippen MR) is 100 cm³/mol. The maximum Gasteiger partial charge on any atom is 0.190 e. The average molecular weight is 410 g/mol. The van der Waals surface area contributed by atoms with Gasteiger partial charge in [-0.3, -0.25) is 9.59 Å². The van der Waals surface area contributed by atoms with Crippen molar-refractivity contribution in [3.05, 3.63) is 23.8 Å². The van der Waals surface area contributed by atoms with Crippen LogP contribution < -0.4 is 0 Å². The number of ketones is 2. The highest BCUT2D eigenvalue weighted by Crippen LogP contribution is 2.70. The van der Waals surface area contributed by atoms with E-state index in [9.17, 15) is 24.9 Å². The van der Waals surface area contributed by atoms with E-state index in [-0.39, 0.29) is 24.8 Å². The Hall–Kier alpha value is -1.44. The molecule has 0 radical (unpaired) electrons. The van der Waals surface area contributed by atoms with Crippen molar-refractivity contribution in [3.8, 4) is 0 Å². The maximum atomic E-state index is 16.9. The van der Waals surface area contributed by atoms with Crippen LogP contribution >= 0.6 is 0 Å². The molecule has 29 heavy (non-hydrogen) atoms. The van der Waals surface area contributed by atoms with Crippen molar-refractivity contribution >= 4 is 11.6 Å². The van der Waals surface area contributed by atoms with Gasteiger partial charge in [0.05, 0.1) is 6.10 Å². The molecule has 3 N–H and O–H groups in total. The summed E-state index contributed by atoms with van der Waals surface area (Å²) in [6, 6.07) is 0. The zero-order valence-corrected chi connectivity index (χ0v) is 16.9. The van der Waals surface area contributed by atoms with E-state index >= 15 is 8.78 Å². The monoisotopic (exact) mass is 410 g/mol. The summed E-state index contributed by atoms with van der Waals surface area (Å²) >= 11 is 0. The topological polar surface area (TPSA) is 94.8 Å². The van der Waals surface area contributed by atoms with E-state index in [4.69, 9.17) is 0 Å². The minimum Gasteiger partial charge on any atom is -0.390 e. The lowest BCUT2D eigenvalue weighted by atomic mass is 9.44. The largest absolute Gasteiger partial charge is 0.390 e. The number of carbonyl (C=O) groups is 2. The highest BCUT2D eigenvalue weighted by molar-refractivity contribution is 6.01. The number of hydrogen-bond acceptors (Lipinski definition) is 5. The van der Waals surface area contributed by atoms with E-state index < -0.39 is 70.3 Å². The van der Waals surface area contributed by atoms with Crippen LogP contribution in [0, 0.1) is 28.6 Å². The second-order valence-corrected chi connectivity index (χ2v) is 9.84. The van der Waals surface area contributed by atoms with Gasteiger partial charge in [0.25, 0.3) is 0 Å². The summed E-state index contributed by atoms with van der Waals surface area (Å²) in [6.45, 7) is 3.96. The molecule has 0 spiro atoms. The van der Waals surface area contributed by atoms with Crippen LogP contribution in [0.4, 0.5) is 8.78 Å². The molecule has 0 bridgehead atoms. The van der Waals surface area contributed by atoms with Gasteiger partial charge in [0.2, 0.25) is 0 Å². The summed E-state index contributed by atoms with van der Waals surface area (Å²) in [5.41, 5.74) is -6.81. The van der Waals surface area contributed by atoms with Crippen LogP contribution in [0.25, 0.3) is 0 Å². The van der Waals surface area contributed by atoms with Gasteiger partial charge in [-0.1, -0.05) is 19.9 Å². The van der Waals surface area contributed by atoms with Crippen molar-refractivity contribution < 1.29 is 33.7 Å². The number of Topliss-reactive ketones (excluding diaryl/α,β-unsaturated/α-hetero) is 1. The first-order chi connectivity index (χ1) is 13.4. The van der Waals surface area contributed by atoms with Crippen molar-refractivity contribution in [2.24, 2.45) is 28.6 Å². The van der Waals surface area contributed by atoms with Crippen molar-refractivity contribution in [1.82, 2.24) is 0 Å². The number of aliphatic hydroxyl groups excluding tert-OH is 2. The summed E-state index contributed by atoms with van der Waals surface area (Å²) in [7, 11) is 0. The lowest BCUT2D eigenvalue weighted by Crippen LogP contribution is -2.70. The quantitative estimate of drug-likeness (QED) is 0.646. The molecule has 0 heterocycles. The molecule has 7 heteroatoms. The minimum absolute atomic E-state index is 0.0409. The molecule has 4 rings (SSSR count). The Bertz CT molecular complexity index is 839. The van der Waals surface area contributed by atoms with E-state index in [0.29, 0.717) is 0 Å². The normalized spacial score (nSPS) is 53.7. The van der Waals surface area contributed by atoms with Gasteiger partial charge in [0, 0.05) is 16.7 Å². The Morgan fingerprint density at radius 2 is 1.93 bits per heavy atom. The van der Waals surface area contributed by atoms with Gasteiger partial charge in [-0.25, -0.2) is 8.78 Å². The summed E-state index contributed by atoms with van der Waals surface area (Å²) in [6.07, 6.45) is 0.427. The number of rotatable bonds is 2. The first kappa shape index (κ1) is 20.8. The maximum absolute atomic E-state index is 16.9. The van der Waals surface area contributed by atoms with Gasteiger partial charge in [-0.15, -0.1) is 0 Å². The van der Waals surface area contributed by atoms with Gasteiger partial charge < -0.3 is 15.3 Å². The summed E-state index contributed by atoms with van der Waals surface area (Å²) in [5.74, 6) is -3.24. The van der Waals surface area contributed by atoms with Gasteiger partial charge in [-0.05, 0) is 55.7 Å². The molecule has 0 aromatic heterocycles. The van der Waals surface area contributed by atoms with E-state index in [1.54, 1.807) is 13.8 Å². The minimum atomic E-state index is -2.24. The number of hydrogen-bond donors (Lipinski definition) is 3. The molecule has 0 aromatic rings. The molecule has 0 aliphatic heterocycles. The van der Waals surface area contributed by atoms with E-state index in [1.807, 2.05) is 0 Å². The second-order valence-electron chi connectivity index (χ2n) is 9.84. The highest BCUT2D eigenvalue weighted by atomic mass is 19.1. The van der Waals surface area contributed by atoms with Crippen LogP contribution in [0.2, 0.25) is 0 Å². The Kier molecular flexibility index (Phi) is 4.34. The molecule has 0 unspecified atom stereocenters. The van der Waals surface area contributed by atoms with Crippen molar-refractivity contribution in [1.29, 1.82) is 0 Å². The standard InChI is InChI=1S/C22H28F2O5/c1-11-6-13-14-8-16(23)15-7-12(26)4-5-19(15,2)21(14,24)17(27)9-20(13,3)22(11,29)18(28)10-25/h4-5,7,11,13-14,16-17,25,27,29H,6,8-10H2,1-3H3/t11-,13+,14+,16-,17+,19-,20+,21+,22+/m1/s1. The third-order valence-corrected chi connectivity index (χ3v) is 8.78. The van der Waals surface area contributed by atoms with Gasteiger partial charge in [0.15, 0.2) is 17.2 Å². The summed E-state index contributed by atoms with van der Waals surface area (Å²) in [5, 5.41) is 31.9. The fraction of sp³-hybridized carbons (Fsp3) is 0.727. The number of halogens is 2. The smallest absolute Gasteiger partial charge is 0.190 e. The molecule has 3 fully saturated rings. The van der Waals surface area contributed by atoms with Crippen LogP contribution in [0.3, 0.4) is 0 Å². The van der Waals surface area contributed by atoms with Crippen molar-refractivity contribution in [3.63, 3.8) is 0 Å².